The zero-order valence-corrected chi connectivity index (χ0v) is 16.1. The number of aromatic nitrogens is 2. The second kappa shape index (κ2) is 8.64. The lowest BCUT2D eigenvalue weighted by molar-refractivity contribution is 0.174. The summed E-state index contributed by atoms with van der Waals surface area (Å²) in [6.45, 7) is 1.57. The number of nitrogens with zero attached hydrogens (tertiary/aromatic N) is 3. The molecule has 2 aromatic carbocycles. The van der Waals surface area contributed by atoms with Crippen LogP contribution in [0.2, 0.25) is 0 Å². The van der Waals surface area contributed by atoms with Crippen molar-refractivity contribution in [3.05, 3.63) is 71.8 Å². The Labute approximate surface area is 168 Å². The number of nitrogens with one attached hydrogen (secondary N) is 2. The fourth-order valence-electron chi connectivity index (χ4n) is 3.00. The molecule has 0 radical (unpaired) electrons. The fraction of sp³-hybridized carbons (Fsp3) is 0.238. The van der Waals surface area contributed by atoms with Crippen LogP contribution in [0.25, 0.3) is 5.69 Å². The summed E-state index contributed by atoms with van der Waals surface area (Å²) in [5.41, 5.74) is 2.84. The molecule has 29 heavy (non-hydrogen) atoms. The van der Waals surface area contributed by atoms with E-state index in [0.717, 1.165) is 34.9 Å². The van der Waals surface area contributed by atoms with E-state index in [1.807, 2.05) is 30.5 Å². The molecule has 7 nitrogen and oxygen atoms in total. The number of guanidine groups is 1. The highest BCUT2D eigenvalue weighted by atomic mass is 19.1. The van der Waals surface area contributed by atoms with Gasteiger partial charge in [-0.05, 0) is 48.0 Å². The molecule has 0 bridgehead atoms. The number of aliphatic imine (C=N–C) groups is 1. The first-order chi connectivity index (χ1) is 14.2. The van der Waals surface area contributed by atoms with E-state index in [1.54, 1.807) is 23.9 Å². The number of hydrogen-bond acceptors (Lipinski definition) is 4. The van der Waals surface area contributed by atoms with Gasteiger partial charge >= 0.3 is 0 Å². The summed E-state index contributed by atoms with van der Waals surface area (Å²) in [6, 6.07) is 14.1. The van der Waals surface area contributed by atoms with Crippen LogP contribution in [0.4, 0.5) is 4.39 Å². The summed E-state index contributed by atoms with van der Waals surface area (Å²) < 4.78 is 25.5. The highest BCUT2D eigenvalue weighted by Crippen LogP contribution is 2.32. The van der Waals surface area contributed by atoms with Gasteiger partial charge in [0.25, 0.3) is 0 Å². The Morgan fingerprint density at radius 2 is 1.93 bits per heavy atom. The highest BCUT2D eigenvalue weighted by molar-refractivity contribution is 5.79. The molecule has 0 fully saturated rings. The maximum atomic E-state index is 13.0. The zero-order chi connectivity index (χ0) is 20.1. The van der Waals surface area contributed by atoms with Crippen molar-refractivity contribution in [1.82, 2.24) is 20.4 Å². The molecule has 150 valence electrons. The molecule has 0 atom stereocenters. The van der Waals surface area contributed by atoms with Gasteiger partial charge in [0.05, 0.1) is 11.4 Å². The standard InChI is InChI=1S/C21H22FN5O2/c1-23-21(25-13-15-2-7-19-20(12-15)29-14-28-19)24-10-8-17-9-11-27(26-17)18-5-3-16(22)4-6-18/h2-7,9,11-12H,8,10,13-14H2,1H3,(H2,23,24,25). The van der Waals surface area contributed by atoms with E-state index in [4.69, 9.17) is 9.47 Å². The van der Waals surface area contributed by atoms with Gasteiger partial charge in [0.15, 0.2) is 17.5 Å². The van der Waals surface area contributed by atoms with Gasteiger partial charge in [-0.3, -0.25) is 4.99 Å². The Kier molecular flexibility index (Phi) is 5.60. The number of hydrogen-bond donors (Lipinski definition) is 2. The minimum atomic E-state index is -0.259. The van der Waals surface area contributed by atoms with E-state index in [-0.39, 0.29) is 12.6 Å². The van der Waals surface area contributed by atoms with Crippen LogP contribution in [0.5, 0.6) is 11.5 Å². The van der Waals surface area contributed by atoms with Crippen LogP contribution in [0.15, 0.2) is 59.7 Å². The fourth-order valence-corrected chi connectivity index (χ4v) is 3.00. The topological polar surface area (TPSA) is 72.7 Å². The van der Waals surface area contributed by atoms with Crippen molar-refractivity contribution in [1.29, 1.82) is 0 Å². The van der Waals surface area contributed by atoms with Crippen LogP contribution in [-0.2, 0) is 13.0 Å². The van der Waals surface area contributed by atoms with E-state index in [9.17, 15) is 4.39 Å². The summed E-state index contributed by atoms with van der Waals surface area (Å²) in [5.74, 6) is 1.99. The maximum Gasteiger partial charge on any atom is 0.231 e. The molecule has 8 heteroatoms. The maximum absolute atomic E-state index is 13.0. The third kappa shape index (κ3) is 4.66. The van der Waals surface area contributed by atoms with Crippen molar-refractivity contribution >= 4 is 5.96 Å². The molecule has 0 unspecified atom stereocenters. The molecular formula is C21H22FN5O2. The van der Waals surface area contributed by atoms with Crippen molar-refractivity contribution in [3.8, 4) is 17.2 Å². The Morgan fingerprint density at radius 1 is 1.10 bits per heavy atom. The summed E-state index contributed by atoms with van der Waals surface area (Å²) >= 11 is 0. The number of fused-ring (bicyclic) bond motifs is 1. The lowest BCUT2D eigenvalue weighted by Gasteiger charge is -2.11. The largest absolute Gasteiger partial charge is 0.454 e. The second-order valence-corrected chi connectivity index (χ2v) is 6.52. The lowest BCUT2D eigenvalue weighted by atomic mass is 10.2. The molecular weight excluding hydrogens is 373 g/mol. The van der Waals surface area contributed by atoms with Crippen molar-refractivity contribution in [2.75, 3.05) is 20.4 Å². The van der Waals surface area contributed by atoms with E-state index in [2.05, 4.69) is 20.7 Å². The molecule has 1 aromatic heterocycles. The Morgan fingerprint density at radius 3 is 2.76 bits per heavy atom. The van der Waals surface area contributed by atoms with Crippen LogP contribution in [-0.4, -0.2) is 36.1 Å². The van der Waals surface area contributed by atoms with Gasteiger partial charge in [-0.1, -0.05) is 6.07 Å². The number of benzene rings is 2. The molecule has 0 aliphatic carbocycles. The normalized spacial score (nSPS) is 12.8. The predicted octanol–water partition coefficient (Wildman–Crippen LogP) is 2.65. The number of halogens is 1. The van der Waals surface area contributed by atoms with Gasteiger partial charge in [0, 0.05) is 32.8 Å². The van der Waals surface area contributed by atoms with E-state index >= 15 is 0 Å². The first kappa shape index (κ1) is 18.8. The van der Waals surface area contributed by atoms with Crippen LogP contribution in [0.3, 0.4) is 0 Å². The smallest absolute Gasteiger partial charge is 0.231 e. The van der Waals surface area contributed by atoms with Crippen molar-refractivity contribution in [2.24, 2.45) is 4.99 Å². The molecule has 2 N–H and O–H groups in total. The van der Waals surface area contributed by atoms with E-state index in [1.165, 1.54) is 12.1 Å². The predicted molar refractivity (Wildman–Crippen MR) is 108 cm³/mol. The minimum absolute atomic E-state index is 0.259. The monoisotopic (exact) mass is 395 g/mol. The quantitative estimate of drug-likeness (QED) is 0.496. The molecule has 0 saturated heterocycles. The number of ether oxygens (including phenoxy) is 2. The van der Waals surface area contributed by atoms with Crippen LogP contribution >= 0.6 is 0 Å². The molecule has 0 amide bonds. The van der Waals surface area contributed by atoms with E-state index < -0.39 is 0 Å². The summed E-state index contributed by atoms with van der Waals surface area (Å²) in [5, 5.41) is 11.1. The van der Waals surface area contributed by atoms with Crippen molar-refractivity contribution in [2.45, 2.75) is 13.0 Å². The van der Waals surface area contributed by atoms with Gasteiger partial charge in [0.2, 0.25) is 6.79 Å². The second-order valence-electron chi connectivity index (χ2n) is 6.52. The van der Waals surface area contributed by atoms with Gasteiger partial charge in [0.1, 0.15) is 5.82 Å². The van der Waals surface area contributed by atoms with E-state index in [0.29, 0.717) is 19.0 Å². The Bertz CT molecular complexity index is 1000. The molecule has 0 spiro atoms. The van der Waals surface area contributed by atoms with Gasteiger partial charge in [-0.25, -0.2) is 9.07 Å². The average Bonchev–Trinajstić information content (AvgIpc) is 3.40. The SMILES string of the molecule is CN=C(NCCc1ccn(-c2ccc(F)cc2)n1)NCc1ccc2c(c1)OCO2. The van der Waals surface area contributed by atoms with Gasteiger partial charge < -0.3 is 20.1 Å². The molecule has 3 aromatic rings. The molecule has 0 saturated carbocycles. The first-order valence-corrected chi connectivity index (χ1v) is 9.35. The summed E-state index contributed by atoms with van der Waals surface area (Å²) in [7, 11) is 1.73. The molecule has 1 aliphatic rings. The summed E-state index contributed by atoms with van der Waals surface area (Å²) in [6.07, 6.45) is 2.61. The lowest BCUT2D eigenvalue weighted by Crippen LogP contribution is -2.37. The van der Waals surface area contributed by atoms with Crippen molar-refractivity contribution in [3.63, 3.8) is 0 Å². The van der Waals surface area contributed by atoms with Gasteiger partial charge in [-0.2, -0.15) is 5.10 Å². The minimum Gasteiger partial charge on any atom is -0.454 e. The van der Waals surface area contributed by atoms with Crippen molar-refractivity contribution < 1.29 is 13.9 Å². The first-order valence-electron chi connectivity index (χ1n) is 9.35. The zero-order valence-electron chi connectivity index (χ0n) is 16.1. The van der Waals surface area contributed by atoms with Crippen LogP contribution < -0.4 is 20.1 Å². The Hall–Kier alpha value is -3.55. The third-order valence-corrected chi connectivity index (χ3v) is 4.53. The van der Waals surface area contributed by atoms with Crippen LogP contribution in [0, 0.1) is 5.82 Å². The Balaban J connectivity index is 1.25. The highest BCUT2D eigenvalue weighted by Gasteiger charge is 2.13. The molecule has 2 heterocycles. The molecule has 4 rings (SSSR count). The summed E-state index contributed by atoms with van der Waals surface area (Å²) in [4.78, 5) is 4.25. The van der Waals surface area contributed by atoms with Gasteiger partial charge in [-0.15, -0.1) is 0 Å². The average molecular weight is 395 g/mol. The third-order valence-electron chi connectivity index (χ3n) is 4.53. The van der Waals surface area contributed by atoms with Crippen LogP contribution in [0.1, 0.15) is 11.3 Å². The number of rotatable bonds is 6. The molecule has 1 aliphatic heterocycles.